The lowest BCUT2D eigenvalue weighted by molar-refractivity contribution is 1.12. The van der Waals surface area contributed by atoms with Crippen LogP contribution in [0.15, 0.2) is 158 Å². The number of hydrogen-bond donors (Lipinski definition) is 0. The lowest BCUT2D eigenvalue weighted by Crippen LogP contribution is -2.31. The molecule has 0 N–H and O–H groups in total. The first-order valence-electron chi connectivity index (χ1n) is 20.4. The summed E-state index contributed by atoms with van der Waals surface area (Å²) in [6.45, 7) is 10.5. The van der Waals surface area contributed by atoms with E-state index in [9.17, 15) is 0 Å². The molecule has 0 unspecified atom stereocenters. The van der Waals surface area contributed by atoms with Crippen LogP contribution in [0.3, 0.4) is 0 Å². The van der Waals surface area contributed by atoms with Gasteiger partial charge in [-0.1, -0.05) is 184 Å². The molecule has 8 rings (SSSR count). The summed E-state index contributed by atoms with van der Waals surface area (Å²) in [5, 5.41) is 5.29. The zero-order chi connectivity index (χ0) is 40.1. The molecule has 0 fully saturated rings. The van der Waals surface area contributed by atoms with E-state index in [4.69, 9.17) is 0 Å². The molecular formula is C56H56S. The van der Waals surface area contributed by atoms with Crippen LogP contribution in [0.4, 0.5) is 0 Å². The fraction of sp³-hybridized carbons (Fsp3) is 0.179. The molecule has 1 aliphatic carbocycles. The number of rotatable bonds is 8. The maximum Gasteiger partial charge on any atom is -0.00198 e. The highest BCUT2D eigenvalue weighted by atomic mass is 32.2. The average Bonchev–Trinajstić information content (AvgIpc) is 3.26. The number of benzene rings is 7. The molecule has 0 aromatic heterocycles. The van der Waals surface area contributed by atoms with Gasteiger partial charge in [-0.2, -0.15) is 11.8 Å². The first-order chi connectivity index (χ1) is 28.0. The minimum atomic E-state index is 0.905. The molecule has 0 saturated carbocycles. The Bertz CT molecular complexity index is 2600. The molecule has 1 heteroatoms. The quantitative estimate of drug-likeness (QED) is 0.149. The number of aryl methyl sites for hydroxylation is 1. The van der Waals surface area contributed by atoms with Gasteiger partial charge in [0.15, 0.2) is 0 Å². The van der Waals surface area contributed by atoms with E-state index >= 15 is 0 Å². The number of fused-ring (bicyclic) bond motifs is 2. The van der Waals surface area contributed by atoms with Gasteiger partial charge in [0.1, 0.15) is 0 Å². The standard InChI is InChI=1S/C52H44.C2H6S.C2H6/c1-4-15-38-19-10-11-20-43(38)34-37-24-26-41(27-25-37)52-48-23-14-13-22-47(48)51(42-30-28-40(29-31-42)39-17-7-6-8-18-39)49-33-32-44(35-50(49)52)45(5-2)46-21-12-9-16-36(46)3;1-3-2;1-2/h4-12,15-33,35H,13-14,34H2,1-3H3;1-2H3;1-2H3/b15-4-,45-5-;;. The zero-order valence-corrected chi connectivity index (χ0v) is 35.6. The Morgan fingerprint density at radius 2 is 1.12 bits per heavy atom. The molecule has 0 aliphatic heterocycles. The van der Waals surface area contributed by atoms with Gasteiger partial charge in [-0.15, -0.1) is 0 Å². The van der Waals surface area contributed by atoms with E-state index in [1.54, 1.807) is 11.8 Å². The van der Waals surface area contributed by atoms with Crippen molar-refractivity contribution in [1.29, 1.82) is 0 Å². The van der Waals surface area contributed by atoms with E-state index in [0.29, 0.717) is 0 Å². The van der Waals surface area contributed by atoms with Gasteiger partial charge in [0.25, 0.3) is 0 Å². The Hall–Kier alpha value is -5.63. The summed E-state index contributed by atoms with van der Waals surface area (Å²) >= 11 is 1.75. The highest BCUT2D eigenvalue weighted by Crippen LogP contribution is 2.37. The predicted molar refractivity (Wildman–Crippen MR) is 256 cm³/mol. The molecule has 0 spiro atoms. The molecule has 286 valence electrons. The molecule has 0 saturated heterocycles. The van der Waals surface area contributed by atoms with Crippen molar-refractivity contribution >= 4 is 46.3 Å². The summed E-state index contributed by atoms with van der Waals surface area (Å²) in [7, 11) is 0. The fourth-order valence-corrected chi connectivity index (χ4v) is 8.06. The highest BCUT2D eigenvalue weighted by molar-refractivity contribution is 7.97. The van der Waals surface area contributed by atoms with Crippen LogP contribution in [0.1, 0.15) is 73.9 Å². The van der Waals surface area contributed by atoms with Gasteiger partial charge < -0.3 is 0 Å². The lowest BCUT2D eigenvalue weighted by Gasteiger charge is -2.20. The van der Waals surface area contributed by atoms with E-state index in [2.05, 4.69) is 197 Å². The second-order valence-electron chi connectivity index (χ2n) is 14.3. The molecule has 1 aliphatic rings. The summed E-state index contributed by atoms with van der Waals surface area (Å²) in [4.78, 5) is 0. The molecule has 0 radical (unpaired) electrons. The number of allylic oxidation sites excluding steroid dienone is 2. The monoisotopic (exact) mass is 760 g/mol. The molecule has 0 bridgehead atoms. The van der Waals surface area contributed by atoms with Gasteiger partial charge in [0, 0.05) is 0 Å². The van der Waals surface area contributed by atoms with Crippen LogP contribution in [0.5, 0.6) is 0 Å². The zero-order valence-electron chi connectivity index (χ0n) is 34.8. The normalized spacial score (nSPS) is 12.1. The van der Waals surface area contributed by atoms with Crippen molar-refractivity contribution in [1.82, 2.24) is 0 Å². The molecule has 7 aromatic rings. The predicted octanol–water partition coefficient (Wildman–Crippen LogP) is 14.6. The van der Waals surface area contributed by atoms with Crippen LogP contribution in [-0.4, -0.2) is 12.5 Å². The SMILES string of the molecule is C/C=C\c1ccccc1Cc1ccc(-c2c3c(c(-c4ccc(-c5ccccc5)cc4)c4ccc(/C(=C/C)c5ccccc5C)cc24)=CCCC=3)cc1.CC.CSC. The Balaban J connectivity index is 0.00000105. The minimum absolute atomic E-state index is 0.905. The number of thioether (sulfide) groups is 1. The molecule has 57 heavy (non-hydrogen) atoms. The first-order valence-corrected chi connectivity index (χ1v) is 22.1. The molecule has 0 nitrogen and oxygen atoms in total. The van der Waals surface area contributed by atoms with Gasteiger partial charge in [0.2, 0.25) is 0 Å². The van der Waals surface area contributed by atoms with Crippen molar-refractivity contribution in [2.45, 2.75) is 53.9 Å². The summed E-state index contributed by atoms with van der Waals surface area (Å²) in [5.74, 6) is 0. The van der Waals surface area contributed by atoms with Crippen molar-refractivity contribution in [3.63, 3.8) is 0 Å². The Morgan fingerprint density at radius 1 is 0.579 bits per heavy atom. The van der Waals surface area contributed by atoms with E-state index in [1.165, 1.54) is 93.5 Å². The van der Waals surface area contributed by atoms with E-state index in [-0.39, 0.29) is 0 Å². The van der Waals surface area contributed by atoms with Crippen LogP contribution in [-0.2, 0) is 6.42 Å². The lowest BCUT2D eigenvalue weighted by atomic mass is 9.84. The topological polar surface area (TPSA) is 0 Å². The van der Waals surface area contributed by atoms with Crippen molar-refractivity contribution in [3.8, 4) is 33.4 Å². The van der Waals surface area contributed by atoms with Crippen molar-refractivity contribution in [3.05, 3.63) is 202 Å². The van der Waals surface area contributed by atoms with E-state index in [0.717, 1.165) is 19.3 Å². The van der Waals surface area contributed by atoms with Gasteiger partial charge in [-0.25, -0.2) is 0 Å². The summed E-state index contributed by atoms with van der Waals surface area (Å²) < 4.78 is 0. The third-order valence-electron chi connectivity index (χ3n) is 10.6. The van der Waals surface area contributed by atoms with Crippen LogP contribution >= 0.6 is 11.8 Å². The van der Waals surface area contributed by atoms with Gasteiger partial charge in [-0.3, -0.25) is 0 Å². The average molecular weight is 761 g/mol. The second-order valence-corrected chi connectivity index (χ2v) is 15.1. The maximum absolute atomic E-state index is 2.48. The van der Waals surface area contributed by atoms with E-state index in [1.807, 2.05) is 26.4 Å². The molecule has 0 amide bonds. The van der Waals surface area contributed by atoms with Gasteiger partial charge in [-0.05, 0) is 152 Å². The Kier molecular flexibility index (Phi) is 14.4. The smallest absolute Gasteiger partial charge is 0.00198 e. The second kappa shape index (κ2) is 20.0. The molecule has 0 atom stereocenters. The molecule has 7 aromatic carbocycles. The largest absolute Gasteiger partial charge is 0.169 e. The molecular weight excluding hydrogens is 705 g/mol. The van der Waals surface area contributed by atoms with Crippen LogP contribution in [0, 0.1) is 6.92 Å². The highest BCUT2D eigenvalue weighted by Gasteiger charge is 2.18. The van der Waals surface area contributed by atoms with Crippen molar-refractivity contribution in [2.24, 2.45) is 0 Å². The Morgan fingerprint density at radius 3 is 1.75 bits per heavy atom. The van der Waals surface area contributed by atoms with Crippen LogP contribution in [0.25, 0.3) is 68.0 Å². The Labute approximate surface area is 346 Å². The van der Waals surface area contributed by atoms with Crippen molar-refractivity contribution in [2.75, 3.05) is 12.5 Å². The van der Waals surface area contributed by atoms with Crippen LogP contribution in [0.2, 0.25) is 0 Å². The summed E-state index contributed by atoms with van der Waals surface area (Å²) in [5.41, 5.74) is 16.7. The van der Waals surface area contributed by atoms with Gasteiger partial charge in [0.05, 0.1) is 0 Å². The summed E-state index contributed by atoms with van der Waals surface area (Å²) in [6.07, 6.45) is 18.6. The van der Waals surface area contributed by atoms with Crippen molar-refractivity contribution < 1.29 is 0 Å². The first kappa shape index (κ1) is 41.0. The molecule has 0 heterocycles. The van der Waals surface area contributed by atoms with E-state index < -0.39 is 0 Å². The summed E-state index contributed by atoms with van der Waals surface area (Å²) in [6, 6.07) is 53.9. The number of hydrogen-bond acceptors (Lipinski definition) is 1. The fourth-order valence-electron chi connectivity index (χ4n) is 8.06. The maximum atomic E-state index is 2.48. The van der Waals surface area contributed by atoms with Gasteiger partial charge >= 0.3 is 0 Å². The third kappa shape index (κ3) is 9.17. The van der Waals surface area contributed by atoms with Crippen LogP contribution < -0.4 is 10.4 Å². The minimum Gasteiger partial charge on any atom is -0.169 e. The third-order valence-corrected chi connectivity index (χ3v) is 10.6.